The largest absolute Gasteiger partial charge is 0.378 e. The Hall–Kier alpha value is -3.73. The average Bonchev–Trinajstić information content (AvgIpc) is 2.74. The van der Waals surface area contributed by atoms with Crippen LogP contribution in [0.4, 0.5) is 11.6 Å². The summed E-state index contributed by atoms with van der Waals surface area (Å²) in [5.41, 5.74) is 7.92. The second-order valence-electron chi connectivity index (χ2n) is 6.64. The van der Waals surface area contributed by atoms with Crippen LogP contribution in [-0.2, 0) is 0 Å². The van der Waals surface area contributed by atoms with Gasteiger partial charge in [-0.15, -0.1) is 0 Å². The van der Waals surface area contributed by atoms with E-state index in [1.165, 1.54) is 0 Å². The van der Waals surface area contributed by atoms with Gasteiger partial charge >= 0.3 is 0 Å². The highest BCUT2D eigenvalue weighted by atomic mass is 15.3. The standard InChI is InChI=1S/C23H21N5/c1-28(2)19-12-8-9-17(15-19)16-24-27-23-25-21-14-7-6-13-20(21)22(26-23)18-10-4-3-5-11-18/h3-16H,1-2H3,(H,25,26,27)/b24-16+. The Bertz CT molecular complexity index is 1120. The molecule has 0 aliphatic rings. The predicted octanol–water partition coefficient (Wildman–Crippen LogP) is 4.81. The number of aromatic nitrogens is 2. The molecule has 4 rings (SSSR count). The maximum atomic E-state index is 4.70. The Morgan fingerprint density at radius 1 is 0.857 bits per heavy atom. The maximum Gasteiger partial charge on any atom is 0.244 e. The second-order valence-corrected chi connectivity index (χ2v) is 6.64. The van der Waals surface area contributed by atoms with Gasteiger partial charge in [-0.3, -0.25) is 0 Å². The Morgan fingerprint density at radius 3 is 2.46 bits per heavy atom. The van der Waals surface area contributed by atoms with Crippen molar-refractivity contribution in [1.29, 1.82) is 0 Å². The predicted molar refractivity (Wildman–Crippen MR) is 117 cm³/mol. The number of nitrogens with one attached hydrogen (secondary N) is 1. The summed E-state index contributed by atoms with van der Waals surface area (Å²) in [6.45, 7) is 0. The molecule has 138 valence electrons. The smallest absolute Gasteiger partial charge is 0.244 e. The van der Waals surface area contributed by atoms with Crippen LogP contribution in [0, 0.1) is 0 Å². The summed E-state index contributed by atoms with van der Waals surface area (Å²) in [5, 5.41) is 5.35. The molecule has 0 bridgehead atoms. The van der Waals surface area contributed by atoms with Gasteiger partial charge in [0, 0.05) is 30.7 Å². The zero-order valence-corrected chi connectivity index (χ0v) is 15.9. The molecule has 28 heavy (non-hydrogen) atoms. The van der Waals surface area contributed by atoms with Gasteiger partial charge in [0.25, 0.3) is 0 Å². The van der Waals surface area contributed by atoms with E-state index in [0.29, 0.717) is 5.95 Å². The molecule has 1 heterocycles. The third-order valence-electron chi connectivity index (χ3n) is 4.42. The monoisotopic (exact) mass is 367 g/mol. The minimum atomic E-state index is 0.470. The first kappa shape index (κ1) is 17.7. The molecule has 5 heteroatoms. The highest BCUT2D eigenvalue weighted by Gasteiger charge is 2.09. The van der Waals surface area contributed by atoms with Gasteiger partial charge in [0.05, 0.1) is 17.4 Å². The van der Waals surface area contributed by atoms with E-state index in [4.69, 9.17) is 4.98 Å². The Balaban J connectivity index is 1.65. The van der Waals surface area contributed by atoms with E-state index >= 15 is 0 Å². The Labute approximate surface area is 164 Å². The van der Waals surface area contributed by atoms with Crippen molar-refractivity contribution in [1.82, 2.24) is 9.97 Å². The Morgan fingerprint density at radius 2 is 1.64 bits per heavy atom. The molecular weight excluding hydrogens is 346 g/mol. The van der Waals surface area contributed by atoms with Crippen molar-refractivity contribution in [3.05, 3.63) is 84.4 Å². The number of benzene rings is 3. The molecule has 0 atom stereocenters. The molecule has 0 fully saturated rings. The third-order valence-corrected chi connectivity index (χ3v) is 4.42. The van der Waals surface area contributed by atoms with Crippen LogP contribution in [0.5, 0.6) is 0 Å². The van der Waals surface area contributed by atoms with Crippen LogP contribution in [-0.4, -0.2) is 30.3 Å². The normalized spacial score (nSPS) is 11.1. The number of hydrogen-bond donors (Lipinski definition) is 1. The van der Waals surface area contributed by atoms with Gasteiger partial charge in [-0.05, 0) is 23.8 Å². The molecule has 3 aromatic carbocycles. The van der Waals surface area contributed by atoms with Crippen LogP contribution in [0.15, 0.2) is 84.0 Å². The fourth-order valence-electron chi connectivity index (χ4n) is 2.99. The topological polar surface area (TPSA) is 53.4 Å². The summed E-state index contributed by atoms with van der Waals surface area (Å²) < 4.78 is 0. The first-order chi connectivity index (χ1) is 13.7. The SMILES string of the molecule is CN(C)c1cccc(/C=N/Nc2nc(-c3ccccc3)c3ccccc3n2)c1. The molecule has 0 saturated carbocycles. The lowest BCUT2D eigenvalue weighted by Crippen LogP contribution is -2.08. The van der Waals surface area contributed by atoms with E-state index < -0.39 is 0 Å². The fraction of sp³-hybridized carbons (Fsp3) is 0.0870. The molecular formula is C23H21N5. The summed E-state index contributed by atoms with van der Waals surface area (Å²) >= 11 is 0. The number of para-hydroxylation sites is 1. The number of hydrogen-bond acceptors (Lipinski definition) is 5. The highest BCUT2D eigenvalue weighted by molar-refractivity contribution is 5.93. The van der Waals surface area contributed by atoms with Crippen LogP contribution in [0.3, 0.4) is 0 Å². The van der Waals surface area contributed by atoms with Gasteiger partial charge in [-0.25, -0.2) is 15.4 Å². The first-order valence-corrected chi connectivity index (χ1v) is 9.09. The van der Waals surface area contributed by atoms with Crippen LogP contribution in [0.1, 0.15) is 5.56 Å². The molecule has 0 radical (unpaired) electrons. The summed E-state index contributed by atoms with van der Waals surface area (Å²) in [7, 11) is 4.03. The summed E-state index contributed by atoms with van der Waals surface area (Å²) in [6.07, 6.45) is 1.77. The van der Waals surface area contributed by atoms with Crippen molar-refractivity contribution in [2.24, 2.45) is 5.10 Å². The lowest BCUT2D eigenvalue weighted by molar-refractivity contribution is 1.13. The molecule has 0 unspecified atom stereocenters. The number of rotatable bonds is 5. The van der Waals surface area contributed by atoms with Crippen molar-refractivity contribution in [3.63, 3.8) is 0 Å². The molecule has 1 N–H and O–H groups in total. The van der Waals surface area contributed by atoms with Crippen molar-refractivity contribution >= 4 is 28.8 Å². The zero-order chi connectivity index (χ0) is 19.3. The van der Waals surface area contributed by atoms with Gasteiger partial charge in [0.1, 0.15) is 0 Å². The molecule has 0 saturated heterocycles. The summed E-state index contributed by atoms with van der Waals surface area (Å²) in [6, 6.07) is 26.3. The van der Waals surface area contributed by atoms with Gasteiger partial charge in [-0.1, -0.05) is 60.7 Å². The van der Waals surface area contributed by atoms with E-state index in [9.17, 15) is 0 Å². The van der Waals surface area contributed by atoms with Crippen molar-refractivity contribution in [3.8, 4) is 11.3 Å². The fourth-order valence-corrected chi connectivity index (χ4v) is 2.99. The van der Waals surface area contributed by atoms with Crippen LogP contribution < -0.4 is 10.3 Å². The number of fused-ring (bicyclic) bond motifs is 1. The van der Waals surface area contributed by atoms with Gasteiger partial charge in [0.2, 0.25) is 5.95 Å². The molecule has 0 amide bonds. The minimum absolute atomic E-state index is 0.470. The lowest BCUT2D eigenvalue weighted by atomic mass is 10.1. The van der Waals surface area contributed by atoms with Gasteiger partial charge < -0.3 is 4.90 Å². The number of hydrazone groups is 1. The van der Waals surface area contributed by atoms with Crippen LogP contribution in [0.25, 0.3) is 22.2 Å². The first-order valence-electron chi connectivity index (χ1n) is 9.09. The van der Waals surface area contributed by atoms with Gasteiger partial charge in [-0.2, -0.15) is 5.10 Å². The minimum Gasteiger partial charge on any atom is -0.378 e. The quantitative estimate of drug-likeness (QED) is 0.406. The molecule has 1 aromatic heterocycles. The maximum absolute atomic E-state index is 4.70. The van der Waals surface area contributed by atoms with E-state index in [1.54, 1.807) is 6.21 Å². The highest BCUT2D eigenvalue weighted by Crippen LogP contribution is 2.27. The van der Waals surface area contributed by atoms with Crippen molar-refractivity contribution < 1.29 is 0 Å². The summed E-state index contributed by atoms with van der Waals surface area (Å²) in [5.74, 6) is 0.470. The summed E-state index contributed by atoms with van der Waals surface area (Å²) in [4.78, 5) is 11.4. The van der Waals surface area contributed by atoms with Crippen LogP contribution in [0.2, 0.25) is 0 Å². The average molecular weight is 367 g/mol. The number of anilines is 2. The molecule has 5 nitrogen and oxygen atoms in total. The van der Waals surface area contributed by atoms with E-state index in [1.807, 2.05) is 68.7 Å². The van der Waals surface area contributed by atoms with Crippen molar-refractivity contribution in [2.45, 2.75) is 0 Å². The van der Waals surface area contributed by atoms with Gasteiger partial charge in [0.15, 0.2) is 0 Å². The van der Waals surface area contributed by atoms with E-state index in [2.05, 4.69) is 44.7 Å². The molecule has 0 aliphatic heterocycles. The third kappa shape index (κ3) is 3.83. The number of nitrogens with zero attached hydrogens (tertiary/aromatic N) is 4. The van der Waals surface area contributed by atoms with E-state index in [-0.39, 0.29) is 0 Å². The second kappa shape index (κ2) is 7.88. The zero-order valence-electron chi connectivity index (χ0n) is 15.9. The molecule has 0 aliphatic carbocycles. The van der Waals surface area contributed by atoms with E-state index in [0.717, 1.165) is 33.4 Å². The molecule has 4 aromatic rings. The van der Waals surface area contributed by atoms with Crippen LogP contribution >= 0.6 is 0 Å². The lowest BCUT2D eigenvalue weighted by Gasteiger charge is -2.12. The Kier molecular flexibility index (Phi) is 4.97. The molecule has 0 spiro atoms. The van der Waals surface area contributed by atoms with Crippen molar-refractivity contribution in [2.75, 3.05) is 24.4 Å².